The average Bonchev–Trinajstić information content (AvgIpc) is 2.72. The number of phenolic OH excluding ortho intramolecular Hbond substituents is 1. The summed E-state index contributed by atoms with van der Waals surface area (Å²) in [6.07, 6.45) is 0.0245. The fourth-order valence-corrected chi connectivity index (χ4v) is 3.25. The van der Waals surface area contributed by atoms with Gasteiger partial charge in [-0.2, -0.15) is 0 Å². The van der Waals surface area contributed by atoms with Crippen molar-refractivity contribution in [3.8, 4) is 28.7 Å². The highest BCUT2D eigenvalue weighted by molar-refractivity contribution is 14.1. The van der Waals surface area contributed by atoms with Crippen molar-refractivity contribution in [3.05, 3.63) is 39.0 Å². The molecule has 2 rings (SSSR count). The largest absolute Gasteiger partial charge is 0.504 e. The molecule has 0 atom stereocenters. The van der Waals surface area contributed by atoms with Crippen LogP contribution in [0.2, 0.25) is 0 Å². The Hall–Kier alpha value is -2.49. The molecule has 0 radical (unpaired) electrons. The van der Waals surface area contributed by atoms with E-state index in [9.17, 15) is 14.7 Å². The number of benzene rings is 2. The molecule has 0 unspecified atom stereocenters. The highest BCUT2D eigenvalue weighted by Gasteiger charge is 2.19. The maximum absolute atomic E-state index is 12.6. The van der Waals surface area contributed by atoms with Crippen LogP contribution in [-0.2, 0) is 0 Å². The zero-order valence-electron chi connectivity index (χ0n) is 16.0. The van der Waals surface area contributed by atoms with Crippen molar-refractivity contribution in [2.45, 2.75) is 12.8 Å². The monoisotopic (exact) mass is 500 g/mol. The van der Waals surface area contributed by atoms with Crippen LogP contribution in [0.25, 0.3) is 0 Å². The molecule has 0 bridgehead atoms. The number of ketones is 2. The van der Waals surface area contributed by atoms with E-state index in [1.807, 2.05) is 22.6 Å². The Labute approximate surface area is 176 Å². The number of ether oxygens (including phenoxy) is 4. The van der Waals surface area contributed by atoms with Gasteiger partial charge in [-0.05, 0) is 46.9 Å². The van der Waals surface area contributed by atoms with Crippen LogP contribution in [0.1, 0.15) is 33.6 Å². The maximum atomic E-state index is 12.6. The van der Waals surface area contributed by atoms with Gasteiger partial charge in [0.15, 0.2) is 34.6 Å². The summed E-state index contributed by atoms with van der Waals surface area (Å²) < 4.78 is 21.3. The fraction of sp³-hybridized carbons (Fsp3) is 0.300. The molecule has 0 saturated heterocycles. The Morgan fingerprint density at radius 1 is 0.786 bits per heavy atom. The van der Waals surface area contributed by atoms with E-state index < -0.39 is 0 Å². The van der Waals surface area contributed by atoms with Crippen molar-refractivity contribution < 1.29 is 33.6 Å². The highest BCUT2D eigenvalue weighted by Crippen LogP contribution is 2.38. The number of carbonyl (C=O) groups is 2. The summed E-state index contributed by atoms with van der Waals surface area (Å²) in [5, 5.41) is 9.88. The minimum absolute atomic E-state index is 0.0112. The van der Waals surface area contributed by atoms with Gasteiger partial charge in [0.25, 0.3) is 0 Å². The molecule has 8 heteroatoms. The third kappa shape index (κ3) is 4.67. The number of rotatable bonds is 9. The highest BCUT2D eigenvalue weighted by atomic mass is 127. The van der Waals surface area contributed by atoms with Crippen LogP contribution in [0.15, 0.2) is 24.3 Å². The van der Waals surface area contributed by atoms with Gasteiger partial charge in [0, 0.05) is 24.0 Å². The van der Waals surface area contributed by atoms with Gasteiger partial charge in [0.05, 0.1) is 32.0 Å². The smallest absolute Gasteiger partial charge is 0.203 e. The number of hydrogen-bond donors (Lipinski definition) is 1. The standard InChI is InChI=1S/C20H21IO7/c1-25-16-8-11(7-13(21)19(16)24)14(22)5-6-15(23)12-9-17(26-2)20(28-4)18(10-12)27-3/h7-10,24H,5-6H2,1-4H3. The first-order valence-corrected chi connectivity index (χ1v) is 9.37. The molecular formula is C20H21IO7. The van der Waals surface area contributed by atoms with Crippen LogP contribution < -0.4 is 18.9 Å². The second-order valence-corrected chi connectivity index (χ2v) is 6.93. The number of hydrogen-bond acceptors (Lipinski definition) is 7. The van der Waals surface area contributed by atoms with E-state index in [-0.39, 0.29) is 35.9 Å². The lowest BCUT2D eigenvalue weighted by Crippen LogP contribution is -2.07. The Balaban J connectivity index is 2.18. The van der Waals surface area contributed by atoms with E-state index in [1.54, 1.807) is 18.2 Å². The molecule has 0 aromatic heterocycles. The summed E-state index contributed by atoms with van der Waals surface area (Å²) in [5.74, 6) is 0.872. The van der Waals surface area contributed by atoms with Crippen LogP contribution >= 0.6 is 22.6 Å². The molecule has 150 valence electrons. The lowest BCUT2D eigenvalue weighted by Gasteiger charge is -2.13. The predicted molar refractivity (Wildman–Crippen MR) is 111 cm³/mol. The number of phenols is 1. The van der Waals surface area contributed by atoms with Crippen LogP contribution in [-0.4, -0.2) is 45.1 Å². The quantitative estimate of drug-likeness (QED) is 0.413. The average molecular weight is 500 g/mol. The number of halogens is 1. The summed E-state index contributed by atoms with van der Waals surface area (Å²) in [4.78, 5) is 25.1. The molecule has 2 aromatic carbocycles. The molecule has 0 aliphatic heterocycles. The first-order chi connectivity index (χ1) is 13.4. The minimum Gasteiger partial charge on any atom is -0.504 e. The first-order valence-electron chi connectivity index (χ1n) is 8.29. The third-order valence-corrected chi connectivity index (χ3v) is 4.96. The Morgan fingerprint density at radius 3 is 1.64 bits per heavy atom. The summed E-state index contributed by atoms with van der Waals surface area (Å²) in [6, 6.07) is 6.13. The molecule has 0 aliphatic rings. The third-order valence-electron chi connectivity index (χ3n) is 4.14. The van der Waals surface area contributed by atoms with E-state index in [2.05, 4.69) is 0 Å². The molecule has 0 saturated carbocycles. The zero-order chi connectivity index (χ0) is 20.8. The first kappa shape index (κ1) is 21.8. The van der Waals surface area contributed by atoms with Crippen molar-refractivity contribution >= 4 is 34.2 Å². The number of methoxy groups -OCH3 is 4. The van der Waals surface area contributed by atoms with Crippen molar-refractivity contribution in [2.75, 3.05) is 28.4 Å². The topological polar surface area (TPSA) is 91.3 Å². The summed E-state index contributed by atoms with van der Waals surface area (Å²) in [7, 11) is 5.82. The second-order valence-electron chi connectivity index (χ2n) is 5.77. The molecule has 0 amide bonds. The normalized spacial score (nSPS) is 10.3. The van der Waals surface area contributed by atoms with Crippen LogP contribution in [0.4, 0.5) is 0 Å². The molecular weight excluding hydrogens is 479 g/mol. The molecule has 0 aliphatic carbocycles. The SMILES string of the molecule is COc1cc(C(=O)CCC(=O)c2cc(OC)c(OC)c(OC)c2)cc(I)c1O. The fourth-order valence-electron chi connectivity index (χ4n) is 2.65. The molecule has 28 heavy (non-hydrogen) atoms. The lowest BCUT2D eigenvalue weighted by molar-refractivity contribution is 0.0917. The van der Waals surface area contributed by atoms with Crippen molar-refractivity contribution in [3.63, 3.8) is 0 Å². The van der Waals surface area contributed by atoms with Crippen LogP contribution in [0.3, 0.4) is 0 Å². The Bertz CT molecular complexity index is 867. The molecule has 7 nitrogen and oxygen atoms in total. The van der Waals surface area contributed by atoms with Gasteiger partial charge < -0.3 is 24.1 Å². The Morgan fingerprint density at radius 2 is 1.21 bits per heavy atom. The maximum Gasteiger partial charge on any atom is 0.203 e. The second kappa shape index (κ2) is 9.63. The van der Waals surface area contributed by atoms with Crippen molar-refractivity contribution in [2.24, 2.45) is 0 Å². The van der Waals surface area contributed by atoms with Gasteiger partial charge in [-0.3, -0.25) is 9.59 Å². The van der Waals surface area contributed by atoms with Gasteiger partial charge in [0.1, 0.15) is 0 Å². The van der Waals surface area contributed by atoms with Gasteiger partial charge in [0.2, 0.25) is 5.75 Å². The molecule has 2 aromatic rings. The van der Waals surface area contributed by atoms with Gasteiger partial charge >= 0.3 is 0 Å². The molecule has 1 N–H and O–H groups in total. The predicted octanol–water partition coefficient (Wildman–Crippen LogP) is 3.88. The lowest BCUT2D eigenvalue weighted by atomic mass is 10.0. The molecule has 0 heterocycles. The zero-order valence-corrected chi connectivity index (χ0v) is 18.2. The number of aromatic hydroxyl groups is 1. The van der Waals surface area contributed by atoms with E-state index in [1.165, 1.54) is 34.5 Å². The van der Waals surface area contributed by atoms with Crippen LogP contribution in [0, 0.1) is 3.57 Å². The van der Waals surface area contributed by atoms with Gasteiger partial charge in [-0.15, -0.1) is 0 Å². The summed E-state index contributed by atoms with van der Waals surface area (Å²) >= 11 is 1.92. The van der Waals surface area contributed by atoms with E-state index in [0.717, 1.165) is 0 Å². The van der Waals surface area contributed by atoms with E-state index in [0.29, 0.717) is 31.9 Å². The van der Waals surface area contributed by atoms with E-state index >= 15 is 0 Å². The molecule has 0 spiro atoms. The minimum atomic E-state index is -0.229. The summed E-state index contributed by atoms with van der Waals surface area (Å²) in [6.45, 7) is 0. The number of carbonyl (C=O) groups excluding carboxylic acids is 2. The van der Waals surface area contributed by atoms with Gasteiger partial charge in [-0.1, -0.05) is 0 Å². The van der Waals surface area contributed by atoms with Crippen molar-refractivity contribution in [1.82, 2.24) is 0 Å². The van der Waals surface area contributed by atoms with Crippen LogP contribution in [0.5, 0.6) is 28.7 Å². The summed E-state index contributed by atoms with van der Waals surface area (Å²) in [5.41, 5.74) is 0.733. The molecule has 0 fully saturated rings. The van der Waals surface area contributed by atoms with Gasteiger partial charge in [-0.25, -0.2) is 0 Å². The van der Waals surface area contributed by atoms with E-state index in [4.69, 9.17) is 18.9 Å². The number of Topliss-reactive ketones (excluding diaryl/α,β-unsaturated/α-hetero) is 2. The Kier molecular flexibility index (Phi) is 7.50. The van der Waals surface area contributed by atoms with Crippen molar-refractivity contribution in [1.29, 1.82) is 0 Å².